The van der Waals surface area contributed by atoms with Crippen molar-refractivity contribution in [3.63, 3.8) is 0 Å². The first-order chi connectivity index (χ1) is 6.06. The molecule has 1 N–H and O–H groups in total. The second kappa shape index (κ2) is 3.94. The predicted octanol–water partition coefficient (Wildman–Crippen LogP) is 2.51. The van der Waals surface area contributed by atoms with Crippen molar-refractivity contribution < 1.29 is 9.90 Å². The van der Waals surface area contributed by atoms with Crippen LogP contribution in [0.2, 0.25) is 5.02 Å². The van der Waals surface area contributed by atoms with Gasteiger partial charge in [0.25, 0.3) is 0 Å². The lowest BCUT2D eigenvalue weighted by molar-refractivity contribution is 0.0696. The van der Waals surface area contributed by atoms with Crippen molar-refractivity contribution in [3.8, 4) is 6.07 Å². The zero-order chi connectivity index (χ0) is 10.0. The highest BCUT2D eigenvalue weighted by Gasteiger charge is 2.13. The van der Waals surface area contributed by atoms with Crippen molar-refractivity contribution in [1.29, 1.82) is 5.26 Å². The first-order valence-electron chi connectivity index (χ1n) is 3.18. The fourth-order valence-electron chi connectivity index (χ4n) is 0.856. The lowest BCUT2D eigenvalue weighted by atomic mass is 10.1. The van der Waals surface area contributed by atoms with Gasteiger partial charge in [-0.3, -0.25) is 0 Å². The monoisotopic (exact) mass is 307 g/mol. The van der Waals surface area contributed by atoms with Crippen molar-refractivity contribution in [3.05, 3.63) is 31.9 Å². The molecule has 0 heterocycles. The van der Waals surface area contributed by atoms with Gasteiger partial charge in [0, 0.05) is 8.59 Å². The van der Waals surface area contributed by atoms with Gasteiger partial charge in [0.1, 0.15) is 6.07 Å². The number of benzene rings is 1. The number of aromatic carboxylic acids is 1. The molecule has 1 rings (SSSR count). The number of nitrogens with zero attached hydrogens (tertiary/aromatic N) is 1. The summed E-state index contributed by atoms with van der Waals surface area (Å²) in [6.45, 7) is 0. The van der Waals surface area contributed by atoms with Gasteiger partial charge in [-0.25, -0.2) is 4.79 Å². The van der Waals surface area contributed by atoms with E-state index in [-0.39, 0.29) is 11.1 Å². The predicted molar refractivity (Wildman–Crippen MR) is 55.8 cm³/mol. The second-order valence-electron chi connectivity index (χ2n) is 2.23. The summed E-state index contributed by atoms with van der Waals surface area (Å²) in [5.74, 6) is -1.14. The van der Waals surface area contributed by atoms with Crippen LogP contribution in [0.15, 0.2) is 12.1 Å². The topological polar surface area (TPSA) is 61.1 Å². The van der Waals surface area contributed by atoms with E-state index in [0.29, 0.717) is 8.59 Å². The molecule has 0 saturated carbocycles. The molecule has 5 heteroatoms. The molecule has 0 unspecified atom stereocenters. The Morgan fingerprint density at radius 1 is 1.62 bits per heavy atom. The number of carbonyl (C=O) groups is 1. The van der Waals surface area contributed by atoms with E-state index in [1.54, 1.807) is 6.07 Å². The number of carboxylic acids is 1. The first-order valence-corrected chi connectivity index (χ1v) is 4.64. The molecule has 0 aliphatic heterocycles. The van der Waals surface area contributed by atoms with Crippen LogP contribution in [0.5, 0.6) is 0 Å². The van der Waals surface area contributed by atoms with Crippen LogP contribution in [0, 0.1) is 14.9 Å². The van der Waals surface area contributed by atoms with Gasteiger partial charge in [-0.1, -0.05) is 11.6 Å². The molecule has 1 aromatic carbocycles. The van der Waals surface area contributed by atoms with Crippen LogP contribution in [-0.4, -0.2) is 11.1 Å². The summed E-state index contributed by atoms with van der Waals surface area (Å²) >= 11 is 7.52. The molecular weight excluding hydrogens is 304 g/mol. The summed E-state index contributed by atoms with van der Waals surface area (Å²) in [7, 11) is 0. The molecule has 13 heavy (non-hydrogen) atoms. The molecule has 0 aliphatic rings. The van der Waals surface area contributed by atoms with Crippen LogP contribution in [0.4, 0.5) is 0 Å². The maximum Gasteiger partial charge on any atom is 0.337 e. The molecule has 0 aromatic heterocycles. The normalized spacial score (nSPS) is 9.31. The summed E-state index contributed by atoms with van der Waals surface area (Å²) in [6, 6.07) is 4.64. The van der Waals surface area contributed by atoms with Crippen molar-refractivity contribution in [2.24, 2.45) is 0 Å². The highest BCUT2D eigenvalue weighted by Crippen LogP contribution is 2.22. The Kier molecular flexibility index (Phi) is 3.12. The molecule has 0 spiro atoms. The minimum atomic E-state index is -1.14. The van der Waals surface area contributed by atoms with E-state index >= 15 is 0 Å². The maximum absolute atomic E-state index is 10.7. The SMILES string of the molecule is N#Cc1c(I)cc(Cl)cc1C(=O)O. The van der Waals surface area contributed by atoms with Gasteiger partial charge in [-0.05, 0) is 34.7 Å². The molecule has 0 amide bonds. The molecule has 0 bridgehead atoms. The van der Waals surface area contributed by atoms with E-state index in [4.69, 9.17) is 22.0 Å². The van der Waals surface area contributed by atoms with Crippen molar-refractivity contribution in [1.82, 2.24) is 0 Å². The number of carboxylic acid groups (broad SMARTS) is 1. The smallest absolute Gasteiger partial charge is 0.337 e. The maximum atomic E-state index is 10.7. The Balaban J connectivity index is 3.50. The fourth-order valence-corrected chi connectivity index (χ4v) is 2.00. The first kappa shape index (κ1) is 10.3. The number of nitriles is 1. The molecule has 1 aromatic rings. The molecule has 0 aliphatic carbocycles. The fraction of sp³-hybridized carbons (Fsp3) is 0. The Labute approximate surface area is 93.1 Å². The average molecular weight is 307 g/mol. The van der Waals surface area contributed by atoms with Gasteiger partial charge < -0.3 is 5.11 Å². The van der Waals surface area contributed by atoms with Crippen LogP contribution in [0.25, 0.3) is 0 Å². The average Bonchev–Trinajstić information content (AvgIpc) is 2.02. The van der Waals surface area contributed by atoms with Gasteiger partial charge in [0.2, 0.25) is 0 Å². The third kappa shape index (κ3) is 2.11. The standard InChI is InChI=1S/C8H3ClINO2/c9-4-1-5(8(12)13)6(3-11)7(10)2-4/h1-2H,(H,12,13). The number of hydrogen-bond donors (Lipinski definition) is 1. The van der Waals surface area contributed by atoms with E-state index in [2.05, 4.69) is 0 Å². The molecule has 0 fully saturated rings. The summed E-state index contributed by atoms with van der Waals surface area (Å²) in [6.07, 6.45) is 0. The van der Waals surface area contributed by atoms with Crippen molar-refractivity contribution >= 4 is 40.2 Å². The second-order valence-corrected chi connectivity index (χ2v) is 3.83. The minimum Gasteiger partial charge on any atom is -0.478 e. The highest BCUT2D eigenvalue weighted by atomic mass is 127. The highest BCUT2D eigenvalue weighted by molar-refractivity contribution is 14.1. The Hall–Kier alpha value is -0.800. The quantitative estimate of drug-likeness (QED) is 0.811. The van der Waals surface area contributed by atoms with Crippen LogP contribution in [-0.2, 0) is 0 Å². The van der Waals surface area contributed by atoms with Gasteiger partial charge >= 0.3 is 5.97 Å². The Morgan fingerprint density at radius 2 is 2.23 bits per heavy atom. The Morgan fingerprint density at radius 3 is 2.69 bits per heavy atom. The molecule has 3 nitrogen and oxygen atoms in total. The van der Waals surface area contributed by atoms with E-state index in [1.807, 2.05) is 28.7 Å². The minimum absolute atomic E-state index is 0.0561. The van der Waals surface area contributed by atoms with Gasteiger partial charge in [0.05, 0.1) is 11.1 Å². The molecule has 66 valence electrons. The van der Waals surface area contributed by atoms with E-state index in [0.717, 1.165) is 0 Å². The van der Waals surface area contributed by atoms with E-state index in [1.165, 1.54) is 6.07 Å². The zero-order valence-electron chi connectivity index (χ0n) is 6.21. The lowest BCUT2D eigenvalue weighted by Gasteiger charge is -2.01. The summed E-state index contributed by atoms with van der Waals surface area (Å²) in [5, 5.41) is 17.7. The Bertz CT molecular complexity index is 411. The van der Waals surface area contributed by atoms with Crippen LogP contribution in [0.3, 0.4) is 0 Å². The molecule has 0 radical (unpaired) electrons. The molecule has 0 atom stereocenters. The van der Waals surface area contributed by atoms with Crippen LogP contribution >= 0.6 is 34.2 Å². The van der Waals surface area contributed by atoms with Crippen LogP contribution in [0.1, 0.15) is 15.9 Å². The number of hydrogen-bond acceptors (Lipinski definition) is 2. The van der Waals surface area contributed by atoms with Gasteiger partial charge in [-0.15, -0.1) is 0 Å². The largest absolute Gasteiger partial charge is 0.478 e. The lowest BCUT2D eigenvalue weighted by Crippen LogP contribution is -2.01. The summed E-state index contributed by atoms with van der Waals surface area (Å²) in [4.78, 5) is 10.7. The molecular formula is C8H3ClINO2. The third-order valence-corrected chi connectivity index (χ3v) is 2.47. The molecule has 0 saturated heterocycles. The van der Waals surface area contributed by atoms with Gasteiger partial charge in [-0.2, -0.15) is 5.26 Å². The van der Waals surface area contributed by atoms with Crippen LogP contribution < -0.4 is 0 Å². The van der Waals surface area contributed by atoms with Crippen molar-refractivity contribution in [2.75, 3.05) is 0 Å². The number of halogens is 2. The summed E-state index contributed by atoms with van der Waals surface area (Å²) in [5.41, 5.74) is 0.0944. The van der Waals surface area contributed by atoms with Crippen molar-refractivity contribution in [2.45, 2.75) is 0 Å². The summed E-state index contributed by atoms with van der Waals surface area (Å²) < 4.78 is 0.546. The van der Waals surface area contributed by atoms with E-state index < -0.39 is 5.97 Å². The number of rotatable bonds is 1. The third-order valence-electron chi connectivity index (χ3n) is 1.40. The zero-order valence-corrected chi connectivity index (χ0v) is 9.13. The van der Waals surface area contributed by atoms with Gasteiger partial charge in [0.15, 0.2) is 0 Å². The van der Waals surface area contributed by atoms with E-state index in [9.17, 15) is 4.79 Å².